The highest BCUT2D eigenvalue weighted by Crippen LogP contribution is 2.25. The molecule has 3 rings (SSSR count). The van der Waals surface area contributed by atoms with Crippen LogP contribution in [0.15, 0.2) is 47.8 Å². The molecule has 0 saturated carbocycles. The summed E-state index contributed by atoms with van der Waals surface area (Å²) >= 11 is 1.69. The minimum Gasteiger partial charge on any atom is -0.245 e. The van der Waals surface area contributed by atoms with E-state index in [2.05, 4.69) is 40.8 Å². The zero-order chi connectivity index (χ0) is 12.4. The van der Waals surface area contributed by atoms with Crippen molar-refractivity contribution in [1.82, 2.24) is 15.0 Å². The highest BCUT2D eigenvalue weighted by molar-refractivity contribution is 7.13. The first-order valence-corrected chi connectivity index (χ1v) is 6.70. The Morgan fingerprint density at radius 2 is 1.94 bits per heavy atom. The molecule has 90 valence electrons. The molecule has 0 atom stereocenters. The second kappa shape index (κ2) is 4.74. The Labute approximate surface area is 110 Å². The van der Waals surface area contributed by atoms with Crippen LogP contribution in [-0.4, -0.2) is 15.0 Å². The Kier molecular flexibility index (Phi) is 2.94. The molecule has 0 unspecified atom stereocenters. The van der Waals surface area contributed by atoms with Gasteiger partial charge in [0, 0.05) is 0 Å². The zero-order valence-corrected chi connectivity index (χ0v) is 10.9. The van der Waals surface area contributed by atoms with Gasteiger partial charge in [-0.3, -0.25) is 0 Å². The van der Waals surface area contributed by atoms with Gasteiger partial charge in [0.15, 0.2) is 0 Å². The Hall–Kier alpha value is -1.94. The van der Waals surface area contributed by atoms with E-state index < -0.39 is 0 Å². The van der Waals surface area contributed by atoms with Crippen LogP contribution in [0.4, 0.5) is 0 Å². The van der Waals surface area contributed by atoms with Crippen LogP contribution in [0.2, 0.25) is 0 Å². The molecule has 0 saturated heterocycles. The lowest BCUT2D eigenvalue weighted by atomic mass is 10.2. The van der Waals surface area contributed by atoms with Gasteiger partial charge >= 0.3 is 0 Å². The van der Waals surface area contributed by atoms with E-state index in [0.717, 1.165) is 17.9 Å². The fraction of sp³-hybridized carbons (Fsp3) is 0.143. The summed E-state index contributed by atoms with van der Waals surface area (Å²) in [6.45, 7) is 2.84. The highest BCUT2D eigenvalue weighted by atomic mass is 32.1. The van der Waals surface area contributed by atoms with Crippen LogP contribution in [0.5, 0.6) is 0 Å². The summed E-state index contributed by atoms with van der Waals surface area (Å²) < 4.78 is 1.95. The first-order valence-electron chi connectivity index (χ1n) is 5.82. The van der Waals surface area contributed by atoms with Gasteiger partial charge in [-0.2, -0.15) is 0 Å². The maximum atomic E-state index is 4.28. The van der Waals surface area contributed by atoms with Gasteiger partial charge in [-0.25, -0.2) is 4.68 Å². The molecule has 4 heteroatoms. The van der Waals surface area contributed by atoms with Gasteiger partial charge in [-0.15, -0.1) is 16.4 Å². The molecule has 0 amide bonds. The Morgan fingerprint density at radius 3 is 2.67 bits per heavy atom. The van der Waals surface area contributed by atoms with Gasteiger partial charge in [0.1, 0.15) is 5.69 Å². The van der Waals surface area contributed by atoms with E-state index in [1.165, 1.54) is 10.4 Å². The van der Waals surface area contributed by atoms with Crippen molar-refractivity contribution in [2.45, 2.75) is 13.5 Å². The average Bonchev–Trinajstić information content (AvgIpc) is 3.02. The zero-order valence-electron chi connectivity index (χ0n) is 10.1. The minimum absolute atomic E-state index is 0.769. The normalized spacial score (nSPS) is 10.7. The van der Waals surface area contributed by atoms with Gasteiger partial charge in [0.25, 0.3) is 0 Å². The predicted molar refractivity (Wildman–Crippen MR) is 73.6 cm³/mol. The average molecular weight is 255 g/mol. The first-order chi connectivity index (χ1) is 8.84. The van der Waals surface area contributed by atoms with Crippen molar-refractivity contribution in [2.75, 3.05) is 0 Å². The minimum atomic E-state index is 0.769. The third-order valence-corrected chi connectivity index (χ3v) is 3.79. The van der Waals surface area contributed by atoms with Crippen molar-refractivity contribution in [3.8, 4) is 10.6 Å². The van der Waals surface area contributed by atoms with Gasteiger partial charge in [0.2, 0.25) is 0 Å². The molecule has 1 aromatic carbocycles. The number of nitrogens with zero attached hydrogens (tertiary/aromatic N) is 3. The van der Waals surface area contributed by atoms with Crippen LogP contribution in [-0.2, 0) is 6.54 Å². The van der Waals surface area contributed by atoms with Crippen LogP contribution in [0.3, 0.4) is 0 Å². The molecule has 0 N–H and O–H groups in total. The summed E-state index contributed by atoms with van der Waals surface area (Å²) in [4.78, 5) is 1.17. The largest absolute Gasteiger partial charge is 0.245 e. The van der Waals surface area contributed by atoms with Crippen molar-refractivity contribution in [2.24, 2.45) is 0 Å². The monoisotopic (exact) mass is 255 g/mol. The van der Waals surface area contributed by atoms with E-state index in [0.29, 0.717) is 0 Å². The molecule has 18 heavy (non-hydrogen) atoms. The standard InChI is InChI=1S/C14H13N3S/c1-11-14(13-8-5-9-18-13)15-16-17(11)10-12-6-3-2-4-7-12/h2-9H,10H2,1H3. The van der Waals surface area contributed by atoms with Crippen molar-refractivity contribution >= 4 is 11.3 Å². The summed E-state index contributed by atoms with van der Waals surface area (Å²) in [5.41, 5.74) is 3.34. The van der Waals surface area contributed by atoms with Crippen molar-refractivity contribution in [3.63, 3.8) is 0 Å². The molecular weight excluding hydrogens is 242 g/mol. The predicted octanol–water partition coefficient (Wildman–Crippen LogP) is 3.36. The van der Waals surface area contributed by atoms with Crippen LogP contribution < -0.4 is 0 Å². The number of benzene rings is 1. The van der Waals surface area contributed by atoms with Crippen LogP contribution in [0.25, 0.3) is 10.6 Å². The summed E-state index contributed by atoms with van der Waals surface area (Å²) in [6.07, 6.45) is 0. The lowest BCUT2D eigenvalue weighted by Gasteiger charge is -2.03. The van der Waals surface area contributed by atoms with Crippen molar-refractivity contribution < 1.29 is 0 Å². The van der Waals surface area contributed by atoms with E-state index in [4.69, 9.17) is 0 Å². The quantitative estimate of drug-likeness (QED) is 0.718. The second-order valence-corrected chi connectivity index (χ2v) is 5.09. The first kappa shape index (κ1) is 11.2. The Bertz CT molecular complexity index is 626. The molecular formula is C14H13N3S. The molecule has 0 fully saturated rings. The van der Waals surface area contributed by atoms with E-state index >= 15 is 0 Å². The number of rotatable bonds is 3. The van der Waals surface area contributed by atoms with Gasteiger partial charge in [-0.05, 0) is 23.9 Å². The van der Waals surface area contributed by atoms with Crippen LogP contribution in [0, 0.1) is 6.92 Å². The summed E-state index contributed by atoms with van der Waals surface area (Å²) in [5, 5.41) is 10.6. The highest BCUT2D eigenvalue weighted by Gasteiger charge is 2.11. The lowest BCUT2D eigenvalue weighted by molar-refractivity contribution is 0.633. The molecule has 3 nitrogen and oxygen atoms in total. The Morgan fingerprint density at radius 1 is 1.11 bits per heavy atom. The molecule has 2 aromatic heterocycles. The smallest absolute Gasteiger partial charge is 0.125 e. The number of hydrogen-bond donors (Lipinski definition) is 0. The SMILES string of the molecule is Cc1c(-c2cccs2)nnn1Cc1ccccc1. The fourth-order valence-electron chi connectivity index (χ4n) is 1.91. The van der Waals surface area contributed by atoms with Gasteiger partial charge in [-0.1, -0.05) is 41.6 Å². The van der Waals surface area contributed by atoms with E-state index in [1.54, 1.807) is 11.3 Å². The lowest BCUT2D eigenvalue weighted by Crippen LogP contribution is -2.03. The maximum Gasteiger partial charge on any atom is 0.125 e. The number of aromatic nitrogens is 3. The molecule has 3 aromatic rings. The van der Waals surface area contributed by atoms with Gasteiger partial charge < -0.3 is 0 Å². The molecule has 0 bridgehead atoms. The molecule has 0 aliphatic heterocycles. The maximum absolute atomic E-state index is 4.28. The van der Waals surface area contributed by atoms with E-state index in [1.807, 2.05) is 28.9 Å². The van der Waals surface area contributed by atoms with E-state index in [-0.39, 0.29) is 0 Å². The Balaban J connectivity index is 1.91. The molecule has 0 radical (unpaired) electrons. The van der Waals surface area contributed by atoms with Crippen molar-refractivity contribution in [3.05, 3.63) is 59.1 Å². The third-order valence-electron chi connectivity index (χ3n) is 2.91. The summed E-state index contributed by atoms with van der Waals surface area (Å²) in [7, 11) is 0. The summed E-state index contributed by atoms with van der Waals surface area (Å²) in [6, 6.07) is 14.4. The van der Waals surface area contributed by atoms with Crippen LogP contribution in [0.1, 0.15) is 11.3 Å². The topological polar surface area (TPSA) is 30.7 Å². The van der Waals surface area contributed by atoms with Crippen LogP contribution >= 0.6 is 11.3 Å². The third kappa shape index (κ3) is 2.07. The van der Waals surface area contributed by atoms with Gasteiger partial charge in [0.05, 0.1) is 17.1 Å². The molecule has 0 aliphatic rings. The second-order valence-electron chi connectivity index (χ2n) is 4.14. The number of thiophene rings is 1. The van der Waals surface area contributed by atoms with E-state index in [9.17, 15) is 0 Å². The summed E-state index contributed by atoms with van der Waals surface area (Å²) in [5.74, 6) is 0. The number of hydrogen-bond acceptors (Lipinski definition) is 3. The molecule has 2 heterocycles. The molecule has 0 aliphatic carbocycles. The van der Waals surface area contributed by atoms with Crippen molar-refractivity contribution in [1.29, 1.82) is 0 Å². The fourth-order valence-corrected chi connectivity index (χ4v) is 2.67. The molecule has 0 spiro atoms.